The summed E-state index contributed by atoms with van der Waals surface area (Å²) in [6.07, 6.45) is 9.46. The number of benzene rings is 1. The van der Waals surface area contributed by atoms with Crippen LogP contribution in [0, 0.1) is 22.7 Å². The molecule has 4 aromatic rings. The Kier molecular flexibility index (Phi) is 7.09. The Balaban J connectivity index is 1.28. The molecule has 6 rings (SSSR count). The summed E-state index contributed by atoms with van der Waals surface area (Å²) < 4.78 is 1.80. The van der Waals surface area contributed by atoms with E-state index in [0.717, 1.165) is 37.7 Å². The van der Waals surface area contributed by atoms with Gasteiger partial charge in [0.15, 0.2) is 11.0 Å². The van der Waals surface area contributed by atoms with Gasteiger partial charge in [-0.1, -0.05) is 31.5 Å². The lowest BCUT2D eigenvalue weighted by atomic mass is 9.67. The summed E-state index contributed by atoms with van der Waals surface area (Å²) in [7, 11) is 0. The molecule has 1 aliphatic carbocycles. The molecule has 3 aromatic heterocycles. The highest BCUT2D eigenvalue weighted by atomic mass is 35.5. The van der Waals surface area contributed by atoms with Crippen LogP contribution >= 0.6 is 23.4 Å². The second-order valence-corrected chi connectivity index (χ2v) is 12.7. The number of halogens is 1. The lowest BCUT2D eigenvalue weighted by molar-refractivity contribution is 0.111. The fourth-order valence-electron chi connectivity index (χ4n) is 5.83. The highest BCUT2D eigenvalue weighted by Gasteiger charge is 2.45. The zero-order valence-electron chi connectivity index (χ0n) is 23.2. The van der Waals surface area contributed by atoms with Crippen LogP contribution in [0.5, 0.6) is 0 Å². The van der Waals surface area contributed by atoms with E-state index < -0.39 is 5.41 Å². The SMILES string of the molecule is CSCC1CN(c2ccc(C(C)C)c3cc(Nc4ccnc(-c5cn(C6CCC6(C)C#N)nc5Cl)n4)ncc23)C1. The molecule has 0 spiro atoms. The fraction of sp³-hybridized carbons (Fsp3) is 0.433. The van der Waals surface area contributed by atoms with Crippen LogP contribution in [0.25, 0.3) is 22.2 Å². The first-order chi connectivity index (χ1) is 19.3. The summed E-state index contributed by atoms with van der Waals surface area (Å²) in [6.45, 7) is 8.60. The summed E-state index contributed by atoms with van der Waals surface area (Å²) in [4.78, 5) is 16.4. The molecule has 0 amide bonds. The van der Waals surface area contributed by atoms with Gasteiger partial charge in [0.2, 0.25) is 0 Å². The van der Waals surface area contributed by atoms with Crippen molar-refractivity contribution < 1.29 is 0 Å². The number of aromatic nitrogens is 5. The molecule has 2 aliphatic rings. The molecule has 2 atom stereocenters. The Morgan fingerprint density at radius 2 is 2.02 bits per heavy atom. The maximum absolute atomic E-state index is 9.58. The number of rotatable bonds is 8. The molecule has 10 heteroatoms. The largest absolute Gasteiger partial charge is 0.370 e. The zero-order chi connectivity index (χ0) is 28.0. The Bertz CT molecular complexity index is 1610. The average molecular weight is 573 g/mol. The van der Waals surface area contributed by atoms with Crippen LogP contribution in [-0.2, 0) is 0 Å². The van der Waals surface area contributed by atoms with Gasteiger partial charge in [0.1, 0.15) is 11.6 Å². The van der Waals surface area contributed by atoms with E-state index >= 15 is 0 Å². The smallest absolute Gasteiger partial charge is 0.166 e. The number of thioether (sulfide) groups is 1. The zero-order valence-corrected chi connectivity index (χ0v) is 24.8. The summed E-state index contributed by atoms with van der Waals surface area (Å²) >= 11 is 8.44. The van der Waals surface area contributed by atoms with E-state index in [9.17, 15) is 5.26 Å². The standard InChI is InChI=1S/C30H33ClN8S/c1-18(2)20-5-6-24(38-13-19(14-38)16-40-4)22-12-34-27(11-21(20)22)35-26-8-10-33-29(36-26)23-15-39(37-28(23)31)25-7-9-30(25,3)17-32/h5-6,8,10-12,15,18-19,25H,7,9,13-14,16H2,1-4H3,(H,33,34,35,36). The third-order valence-corrected chi connectivity index (χ3v) is 9.40. The molecule has 1 saturated heterocycles. The third kappa shape index (κ3) is 4.77. The van der Waals surface area contributed by atoms with Gasteiger partial charge < -0.3 is 10.2 Å². The maximum Gasteiger partial charge on any atom is 0.166 e. The van der Waals surface area contributed by atoms with Gasteiger partial charge in [-0.2, -0.15) is 22.1 Å². The molecule has 1 aromatic carbocycles. The minimum Gasteiger partial charge on any atom is -0.370 e. The number of fused-ring (bicyclic) bond motifs is 1. The highest BCUT2D eigenvalue weighted by Crippen LogP contribution is 2.49. The predicted octanol–water partition coefficient (Wildman–Crippen LogP) is 7.07. The van der Waals surface area contributed by atoms with Crippen molar-refractivity contribution >= 4 is 51.5 Å². The van der Waals surface area contributed by atoms with Crippen LogP contribution in [-0.4, -0.2) is 49.8 Å². The van der Waals surface area contributed by atoms with Crippen molar-refractivity contribution in [1.82, 2.24) is 24.7 Å². The van der Waals surface area contributed by atoms with Gasteiger partial charge in [0.25, 0.3) is 0 Å². The first-order valence-corrected chi connectivity index (χ1v) is 15.5. The summed E-state index contributed by atoms with van der Waals surface area (Å²) in [5.74, 6) is 4.16. The number of nitrogens with one attached hydrogen (secondary N) is 1. The Hall–Kier alpha value is -3.35. The number of nitriles is 1. The predicted molar refractivity (Wildman–Crippen MR) is 163 cm³/mol. The van der Waals surface area contributed by atoms with E-state index in [-0.39, 0.29) is 6.04 Å². The monoisotopic (exact) mass is 572 g/mol. The number of anilines is 3. The first kappa shape index (κ1) is 26.9. The van der Waals surface area contributed by atoms with Crippen molar-refractivity contribution in [3.63, 3.8) is 0 Å². The summed E-state index contributed by atoms with van der Waals surface area (Å²) in [5.41, 5.74) is 2.77. The van der Waals surface area contributed by atoms with E-state index in [0.29, 0.717) is 28.3 Å². The molecule has 2 unspecified atom stereocenters. The molecular formula is C30H33ClN8S. The molecule has 0 bridgehead atoms. The number of pyridine rings is 1. The Labute approximate surface area is 244 Å². The highest BCUT2D eigenvalue weighted by molar-refractivity contribution is 7.98. The molecule has 40 heavy (non-hydrogen) atoms. The molecule has 1 aliphatic heterocycles. The van der Waals surface area contributed by atoms with Crippen molar-refractivity contribution in [2.75, 3.05) is 35.3 Å². The van der Waals surface area contributed by atoms with Crippen molar-refractivity contribution in [1.29, 1.82) is 5.26 Å². The number of hydrogen-bond donors (Lipinski definition) is 1. The average Bonchev–Trinajstić information content (AvgIpc) is 3.29. The van der Waals surface area contributed by atoms with Crippen molar-refractivity contribution in [3.8, 4) is 17.5 Å². The van der Waals surface area contributed by atoms with Gasteiger partial charge in [-0.3, -0.25) is 4.68 Å². The Morgan fingerprint density at radius 3 is 2.73 bits per heavy atom. The van der Waals surface area contributed by atoms with Gasteiger partial charge in [0.05, 0.1) is 23.1 Å². The van der Waals surface area contributed by atoms with Crippen LogP contribution in [0.2, 0.25) is 5.15 Å². The lowest BCUT2D eigenvalue weighted by Crippen LogP contribution is -2.48. The minimum absolute atomic E-state index is 0.000386. The molecule has 8 nitrogen and oxygen atoms in total. The van der Waals surface area contributed by atoms with Gasteiger partial charge in [0, 0.05) is 48.7 Å². The molecule has 4 heterocycles. The van der Waals surface area contributed by atoms with E-state index in [1.165, 1.54) is 27.8 Å². The molecule has 0 radical (unpaired) electrons. The van der Waals surface area contributed by atoms with Gasteiger partial charge in [-0.05, 0) is 66.8 Å². The number of hydrogen-bond acceptors (Lipinski definition) is 8. The van der Waals surface area contributed by atoms with Crippen LogP contribution in [0.3, 0.4) is 0 Å². The van der Waals surface area contributed by atoms with Crippen molar-refractivity contribution in [2.45, 2.75) is 45.6 Å². The summed E-state index contributed by atoms with van der Waals surface area (Å²) in [6, 6.07) is 10.9. The van der Waals surface area contributed by atoms with Crippen LogP contribution < -0.4 is 10.2 Å². The van der Waals surface area contributed by atoms with Gasteiger partial charge in [-0.25, -0.2) is 15.0 Å². The topological polar surface area (TPSA) is 95.6 Å². The molecule has 206 valence electrons. The summed E-state index contributed by atoms with van der Waals surface area (Å²) in [5, 5.41) is 20.2. The number of nitrogens with zero attached hydrogens (tertiary/aromatic N) is 7. The first-order valence-electron chi connectivity index (χ1n) is 13.7. The van der Waals surface area contributed by atoms with Gasteiger partial charge in [-0.15, -0.1) is 0 Å². The lowest BCUT2D eigenvalue weighted by Gasteiger charge is -2.41. The van der Waals surface area contributed by atoms with Crippen LogP contribution in [0.4, 0.5) is 17.3 Å². The minimum atomic E-state index is -0.431. The van der Waals surface area contributed by atoms with E-state index in [2.05, 4.69) is 64.7 Å². The molecule has 1 N–H and O–H groups in total. The molecule has 2 fully saturated rings. The van der Waals surface area contributed by atoms with Crippen LogP contribution in [0.15, 0.2) is 42.9 Å². The quantitative estimate of drug-likeness (QED) is 0.239. The fourth-order valence-corrected chi connectivity index (χ4v) is 6.73. The molecule has 1 saturated carbocycles. The maximum atomic E-state index is 9.58. The normalized spacial score (nSPS) is 20.8. The molecular weight excluding hydrogens is 540 g/mol. The van der Waals surface area contributed by atoms with E-state index in [4.69, 9.17) is 21.6 Å². The Morgan fingerprint density at radius 1 is 1.20 bits per heavy atom. The van der Waals surface area contributed by atoms with E-state index in [1.54, 1.807) is 10.9 Å². The van der Waals surface area contributed by atoms with Crippen molar-refractivity contribution in [2.24, 2.45) is 11.3 Å². The van der Waals surface area contributed by atoms with Crippen LogP contribution in [0.1, 0.15) is 51.1 Å². The van der Waals surface area contributed by atoms with Gasteiger partial charge >= 0.3 is 0 Å². The second-order valence-electron chi connectivity index (χ2n) is 11.5. The second kappa shape index (κ2) is 10.6. The third-order valence-electron chi connectivity index (χ3n) is 8.32. The van der Waals surface area contributed by atoms with E-state index in [1.807, 2.05) is 37.1 Å². The van der Waals surface area contributed by atoms with Crippen molar-refractivity contribution in [3.05, 3.63) is 53.6 Å².